The molecule has 1 aromatic rings. The van der Waals surface area contributed by atoms with Crippen molar-refractivity contribution in [3.8, 4) is 5.75 Å². The Morgan fingerprint density at radius 2 is 2.05 bits per heavy atom. The maximum Gasteiger partial charge on any atom is 0.252 e. The molecule has 1 aromatic carbocycles. The van der Waals surface area contributed by atoms with E-state index in [0.29, 0.717) is 11.6 Å². The average molecular weight is 260 g/mol. The van der Waals surface area contributed by atoms with Crippen LogP contribution in [0.3, 0.4) is 0 Å². The van der Waals surface area contributed by atoms with Crippen LogP contribution in [-0.4, -0.2) is 34.7 Å². The first kappa shape index (κ1) is 12.5. The van der Waals surface area contributed by atoms with Crippen molar-refractivity contribution in [1.29, 1.82) is 0 Å². The number of fused-ring (bicyclic) bond motifs is 2. The second-order valence-corrected chi connectivity index (χ2v) is 5.73. The van der Waals surface area contributed by atoms with Gasteiger partial charge in [0.15, 0.2) is 0 Å². The number of nitrogens with one attached hydrogen (secondary N) is 1. The number of carbonyl (C=O) groups is 1. The molecule has 0 aromatic heterocycles. The molecule has 4 nitrogen and oxygen atoms in total. The van der Waals surface area contributed by atoms with Gasteiger partial charge in [-0.15, -0.1) is 0 Å². The molecule has 4 heteroatoms. The van der Waals surface area contributed by atoms with Gasteiger partial charge in [-0.05, 0) is 63.4 Å². The predicted molar refractivity (Wildman–Crippen MR) is 72.9 cm³/mol. The van der Waals surface area contributed by atoms with E-state index in [1.807, 2.05) is 0 Å². The van der Waals surface area contributed by atoms with Crippen LogP contribution in [0.1, 0.15) is 42.5 Å². The largest absolute Gasteiger partial charge is 0.508 e. The summed E-state index contributed by atoms with van der Waals surface area (Å²) >= 11 is 0. The molecule has 102 valence electrons. The fourth-order valence-corrected chi connectivity index (χ4v) is 3.50. The summed E-state index contributed by atoms with van der Waals surface area (Å²) in [5, 5.41) is 12.5. The van der Waals surface area contributed by atoms with Gasteiger partial charge in [0.25, 0.3) is 5.91 Å². The van der Waals surface area contributed by atoms with E-state index in [1.54, 1.807) is 24.3 Å². The van der Waals surface area contributed by atoms with Gasteiger partial charge in [-0.2, -0.15) is 0 Å². The highest BCUT2D eigenvalue weighted by atomic mass is 16.3. The van der Waals surface area contributed by atoms with Crippen molar-refractivity contribution >= 4 is 5.91 Å². The first-order valence-electron chi connectivity index (χ1n) is 6.95. The van der Waals surface area contributed by atoms with Gasteiger partial charge in [0.2, 0.25) is 0 Å². The Morgan fingerprint density at radius 1 is 1.32 bits per heavy atom. The number of phenolic OH excluding ortho intramolecular Hbond substituents is 1. The first-order chi connectivity index (χ1) is 9.11. The van der Waals surface area contributed by atoms with Crippen LogP contribution in [0.25, 0.3) is 0 Å². The molecular formula is C15H20N2O2. The highest BCUT2D eigenvalue weighted by Gasteiger charge is 2.47. The van der Waals surface area contributed by atoms with E-state index in [1.165, 1.54) is 19.3 Å². The molecule has 0 aliphatic carbocycles. The number of hydrogen-bond acceptors (Lipinski definition) is 3. The molecule has 0 saturated carbocycles. The van der Waals surface area contributed by atoms with Gasteiger partial charge in [0.05, 0.1) is 5.66 Å². The quantitative estimate of drug-likeness (QED) is 0.856. The molecule has 1 amide bonds. The van der Waals surface area contributed by atoms with Crippen molar-refractivity contribution < 1.29 is 9.90 Å². The Hall–Kier alpha value is -1.55. The summed E-state index contributed by atoms with van der Waals surface area (Å²) in [6.07, 6.45) is 5.67. The van der Waals surface area contributed by atoms with Crippen molar-refractivity contribution in [2.45, 2.75) is 43.8 Å². The zero-order chi connectivity index (χ0) is 13.5. The van der Waals surface area contributed by atoms with Gasteiger partial charge in [0.1, 0.15) is 5.75 Å². The average Bonchev–Trinajstić information content (AvgIpc) is 2.60. The Labute approximate surface area is 113 Å². The summed E-state index contributed by atoms with van der Waals surface area (Å²) in [5.74, 6) is 0.139. The van der Waals surface area contributed by atoms with Crippen LogP contribution >= 0.6 is 0 Å². The van der Waals surface area contributed by atoms with Crippen molar-refractivity contribution in [2.24, 2.45) is 0 Å². The minimum absolute atomic E-state index is 0.0469. The third kappa shape index (κ3) is 2.10. The van der Waals surface area contributed by atoms with Crippen LogP contribution in [-0.2, 0) is 0 Å². The smallest absolute Gasteiger partial charge is 0.252 e. The van der Waals surface area contributed by atoms with Gasteiger partial charge in [0, 0.05) is 11.6 Å². The summed E-state index contributed by atoms with van der Waals surface area (Å²) in [4.78, 5) is 14.7. The highest BCUT2D eigenvalue weighted by Crippen LogP contribution is 2.41. The molecule has 2 saturated heterocycles. The number of benzene rings is 1. The Balaban J connectivity index is 1.77. The lowest BCUT2D eigenvalue weighted by atomic mass is 9.97. The maximum absolute atomic E-state index is 12.3. The first-order valence-corrected chi connectivity index (χ1v) is 6.95. The second kappa shape index (κ2) is 4.53. The van der Waals surface area contributed by atoms with E-state index in [0.717, 1.165) is 12.8 Å². The minimum Gasteiger partial charge on any atom is -0.508 e. The third-order valence-corrected chi connectivity index (χ3v) is 4.72. The maximum atomic E-state index is 12.3. The molecular weight excluding hydrogens is 240 g/mol. The Morgan fingerprint density at radius 3 is 2.79 bits per heavy atom. The molecule has 2 unspecified atom stereocenters. The summed E-state index contributed by atoms with van der Waals surface area (Å²) in [5.41, 5.74) is 0.451. The van der Waals surface area contributed by atoms with Crippen molar-refractivity contribution in [3.63, 3.8) is 0 Å². The lowest BCUT2D eigenvalue weighted by Crippen LogP contribution is -2.59. The molecule has 2 N–H and O–H groups in total. The van der Waals surface area contributed by atoms with E-state index < -0.39 is 0 Å². The molecule has 3 rings (SSSR count). The van der Waals surface area contributed by atoms with Gasteiger partial charge in [-0.1, -0.05) is 0 Å². The molecule has 0 spiro atoms. The fourth-order valence-electron chi connectivity index (χ4n) is 3.50. The Kier molecular flexibility index (Phi) is 2.97. The van der Waals surface area contributed by atoms with Crippen LogP contribution in [0.2, 0.25) is 0 Å². The number of hydrogen-bond donors (Lipinski definition) is 2. The van der Waals surface area contributed by atoms with E-state index in [2.05, 4.69) is 17.3 Å². The molecule has 19 heavy (non-hydrogen) atoms. The predicted octanol–water partition coefficient (Wildman–Crippen LogP) is 2.10. The molecule has 2 atom stereocenters. The van der Waals surface area contributed by atoms with Crippen molar-refractivity contribution in [1.82, 2.24) is 10.2 Å². The molecule has 2 heterocycles. The Bertz CT molecular complexity index is 481. The molecule has 2 aliphatic heterocycles. The van der Waals surface area contributed by atoms with E-state index >= 15 is 0 Å². The number of amides is 1. The number of aromatic hydroxyl groups is 1. The number of nitrogens with zero attached hydrogens (tertiary/aromatic N) is 1. The normalized spacial score (nSPS) is 30.3. The van der Waals surface area contributed by atoms with E-state index in [9.17, 15) is 9.90 Å². The topological polar surface area (TPSA) is 52.6 Å². The number of phenols is 1. The summed E-state index contributed by atoms with van der Waals surface area (Å²) < 4.78 is 0. The zero-order valence-corrected chi connectivity index (χ0v) is 11.2. The van der Waals surface area contributed by atoms with E-state index in [4.69, 9.17) is 0 Å². The monoisotopic (exact) mass is 260 g/mol. The summed E-state index contributed by atoms with van der Waals surface area (Å²) in [7, 11) is 2.12. The minimum atomic E-state index is -0.155. The van der Waals surface area contributed by atoms with Crippen LogP contribution < -0.4 is 5.32 Å². The standard InChI is InChI=1S/C15H20N2O2/c1-17-12-3-2-9-15(17,10-8-12)16-14(19)11-4-6-13(18)7-5-11/h4-7,12,18H,2-3,8-10H2,1H3,(H,16,19). The van der Waals surface area contributed by atoms with Gasteiger partial charge in [-0.25, -0.2) is 0 Å². The number of rotatable bonds is 2. The zero-order valence-electron chi connectivity index (χ0n) is 11.2. The SMILES string of the molecule is CN1C2CCCC1(NC(=O)c1ccc(O)cc1)CC2. The highest BCUT2D eigenvalue weighted by molar-refractivity contribution is 5.94. The number of piperidine rings is 1. The van der Waals surface area contributed by atoms with Gasteiger partial charge >= 0.3 is 0 Å². The summed E-state index contributed by atoms with van der Waals surface area (Å²) in [6.45, 7) is 0. The van der Waals surface area contributed by atoms with Gasteiger partial charge < -0.3 is 10.4 Å². The molecule has 2 aliphatic rings. The third-order valence-electron chi connectivity index (χ3n) is 4.72. The van der Waals surface area contributed by atoms with Crippen LogP contribution in [0.15, 0.2) is 24.3 Å². The molecule has 2 bridgehead atoms. The van der Waals surface area contributed by atoms with E-state index in [-0.39, 0.29) is 17.3 Å². The lowest BCUT2D eigenvalue weighted by Gasteiger charge is -2.43. The fraction of sp³-hybridized carbons (Fsp3) is 0.533. The van der Waals surface area contributed by atoms with Crippen molar-refractivity contribution in [2.75, 3.05) is 7.05 Å². The second-order valence-electron chi connectivity index (χ2n) is 5.73. The molecule has 0 radical (unpaired) electrons. The van der Waals surface area contributed by atoms with Crippen LogP contribution in [0.5, 0.6) is 5.75 Å². The number of carbonyl (C=O) groups excluding carboxylic acids is 1. The summed E-state index contributed by atoms with van der Waals surface area (Å²) in [6, 6.07) is 7.05. The van der Waals surface area contributed by atoms with Gasteiger partial charge in [-0.3, -0.25) is 9.69 Å². The van der Waals surface area contributed by atoms with Crippen molar-refractivity contribution in [3.05, 3.63) is 29.8 Å². The van der Waals surface area contributed by atoms with Crippen LogP contribution in [0, 0.1) is 0 Å². The van der Waals surface area contributed by atoms with Crippen LogP contribution in [0.4, 0.5) is 0 Å². The lowest BCUT2D eigenvalue weighted by molar-refractivity contribution is 0.0437. The molecule has 2 fully saturated rings.